The van der Waals surface area contributed by atoms with E-state index in [0.29, 0.717) is 76.2 Å². The molecular formula is C75H100FN17O17. The first-order valence-corrected chi connectivity index (χ1v) is 36.4. The number of carboxylic acid groups (broad SMARTS) is 2. The Morgan fingerprint density at radius 2 is 1.38 bits per heavy atom. The molecule has 35 heteroatoms. The minimum atomic E-state index is -2.37. The highest BCUT2D eigenvalue weighted by Gasteiger charge is 2.43. The number of aromatic amines is 2. The van der Waals surface area contributed by atoms with Gasteiger partial charge in [-0.1, -0.05) is 90.0 Å². The van der Waals surface area contributed by atoms with E-state index >= 15 is 4.39 Å². The molecule has 1 fully saturated rings. The van der Waals surface area contributed by atoms with Gasteiger partial charge in [0.15, 0.2) is 5.82 Å². The number of benzene rings is 4. The van der Waals surface area contributed by atoms with Crippen molar-refractivity contribution in [1.82, 2.24) is 83.3 Å². The fraction of sp³-hybridized carbons (Fsp3) is 0.480. The SMILES string of the molecule is CCc1cc(OCCCCN)ccc1-c1ccc(C[C@H](NC(=O)[C@H](CC(=O)O)NC(=O)[C@H](CO)NC(=O)[C@@H](NC(=O)[C@](C)(Cc2ccccc2F)NC(=O)[C@@H](NC(=O)CNC(=O)[C@H](Cc2nn[nH]n2)NC(=O)[C@@H]2CCN(CCc3cnc[nH]3)C2)[C@@H](C)O)[C@@H](C)O)C(=O)N[C@@H](CCCc2cc(C)cc(C)c2)C(=O)O)cc1. The number of nitrogens with zero attached hydrogens (tertiary/aromatic N) is 5. The Kier molecular flexibility index (Phi) is 32.9. The lowest BCUT2D eigenvalue weighted by molar-refractivity contribution is -0.143. The maximum atomic E-state index is 15.5. The molecule has 0 aliphatic carbocycles. The molecule has 3 heterocycles. The highest BCUT2D eigenvalue weighted by atomic mass is 19.1. The first kappa shape index (κ1) is 86.1. The lowest BCUT2D eigenvalue weighted by Crippen LogP contribution is -2.67. The van der Waals surface area contributed by atoms with Gasteiger partial charge in [-0.2, -0.15) is 5.21 Å². The summed E-state index contributed by atoms with van der Waals surface area (Å²) in [6.45, 7) is 9.62. The molecule has 9 amide bonds. The second-order valence-corrected chi connectivity index (χ2v) is 27.7. The van der Waals surface area contributed by atoms with E-state index in [-0.39, 0.29) is 30.7 Å². The number of aromatic nitrogens is 6. The zero-order valence-electron chi connectivity index (χ0n) is 62.3. The van der Waals surface area contributed by atoms with Crippen molar-refractivity contribution in [2.45, 2.75) is 179 Å². The lowest BCUT2D eigenvalue weighted by Gasteiger charge is -2.34. The Morgan fingerprint density at radius 3 is 2.02 bits per heavy atom. The molecule has 1 aliphatic heterocycles. The zero-order valence-corrected chi connectivity index (χ0v) is 62.3. The van der Waals surface area contributed by atoms with Crippen molar-refractivity contribution < 1.29 is 87.4 Å². The van der Waals surface area contributed by atoms with Crippen LogP contribution in [0.4, 0.5) is 4.39 Å². The lowest BCUT2D eigenvalue weighted by atomic mass is 9.90. The van der Waals surface area contributed by atoms with E-state index in [1.54, 1.807) is 36.8 Å². The van der Waals surface area contributed by atoms with Gasteiger partial charge < -0.3 is 93.7 Å². The first-order valence-electron chi connectivity index (χ1n) is 36.4. The Balaban J connectivity index is 1.03. The third-order valence-electron chi connectivity index (χ3n) is 18.6. The third-order valence-corrected chi connectivity index (χ3v) is 18.6. The van der Waals surface area contributed by atoms with Crippen LogP contribution in [0.25, 0.3) is 11.1 Å². The Labute approximate surface area is 634 Å². The molecule has 6 aromatic rings. The fourth-order valence-electron chi connectivity index (χ4n) is 12.7. The average molecular weight is 1530 g/mol. The van der Waals surface area contributed by atoms with Gasteiger partial charge in [0, 0.05) is 50.7 Å². The van der Waals surface area contributed by atoms with Crippen LogP contribution in [0.1, 0.15) is 111 Å². The normalized spacial score (nSPS) is 15.8. The van der Waals surface area contributed by atoms with E-state index in [0.717, 1.165) is 78.8 Å². The van der Waals surface area contributed by atoms with Crippen molar-refractivity contribution in [2.75, 3.05) is 45.9 Å². The Bertz CT molecular complexity index is 4090. The van der Waals surface area contributed by atoms with Crippen LogP contribution in [-0.2, 0) is 91.3 Å². The standard InChI is InChI=1S/C75H100FN17O17/c1-7-48-33-53(110-28-11-10-25-77)21-22-54(48)49-19-17-46(18-20-49)32-57(68(102)81-56(73(107)108)16-12-13-47-30-42(2)29-43(3)31-47)83-69(103)59(35-63(98)99)84-70(104)60(40-94)85-71(105)64(44(4)95)87-74(109)75(6,36-50-14-8-9-15-55(50)76)88-72(106)65(45(5)96)86-62(97)38-79-67(101)58(34-61-89-91-92-90-61)82-66(100)51-23-26-93(39-51)27-24-52-37-78-41-80-52/h8-9,14-15,17-22,29-31,33,37,41,44-45,51,56-60,64-65,94-96H,7,10-13,16,23-28,32,34-36,38-40,77H2,1-6H3,(H,78,80)(H,79,101)(H,81,102)(H,82,100)(H,83,103)(H,84,104)(H,85,105)(H,86,97)(H,87,109)(H,88,106)(H,98,99)(H,107,108)(H,89,90,91,92)/t44-,45-,51-,56+,57+,58+,59+,60+,64+,65+,75+/m1/s1. The van der Waals surface area contributed by atoms with E-state index in [9.17, 15) is 78.3 Å². The molecule has 0 saturated carbocycles. The number of ether oxygens (including phenoxy) is 1. The maximum Gasteiger partial charge on any atom is 0.326 e. The van der Waals surface area contributed by atoms with Crippen molar-refractivity contribution >= 4 is 65.1 Å². The van der Waals surface area contributed by atoms with Crippen LogP contribution in [0, 0.1) is 25.6 Å². The molecule has 0 unspecified atom stereocenters. The highest BCUT2D eigenvalue weighted by molar-refractivity contribution is 6.00. The molecule has 2 aromatic heterocycles. The number of halogens is 1. The molecular weight excluding hydrogens is 1430 g/mol. The predicted octanol–water partition coefficient (Wildman–Crippen LogP) is -0.661. The van der Waals surface area contributed by atoms with Gasteiger partial charge >= 0.3 is 11.9 Å². The molecule has 7 rings (SSSR count). The van der Waals surface area contributed by atoms with Crippen molar-refractivity contribution in [1.29, 1.82) is 0 Å². The number of carboxylic acids is 2. The topological polar surface area (TPSA) is 519 Å². The number of carbonyl (C=O) groups excluding carboxylic acids is 9. The van der Waals surface area contributed by atoms with Crippen LogP contribution < -0.4 is 58.3 Å². The molecule has 34 nitrogen and oxygen atoms in total. The second kappa shape index (κ2) is 42.0. The third kappa shape index (κ3) is 26.3. The highest BCUT2D eigenvalue weighted by Crippen LogP contribution is 2.29. The average Bonchev–Trinajstić information content (AvgIpc) is 0.866. The number of tetrazole rings is 1. The van der Waals surface area contributed by atoms with Crippen LogP contribution in [0.2, 0.25) is 0 Å². The molecule has 594 valence electrons. The van der Waals surface area contributed by atoms with Crippen LogP contribution >= 0.6 is 0 Å². The number of rotatable bonds is 44. The molecule has 0 bridgehead atoms. The van der Waals surface area contributed by atoms with Crippen LogP contribution in [0.3, 0.4) is 0 Å². The van der Waals surface area contributed by atoms with E-state index in [1.807, 2.05) is 57.2 Å². The van der Waals surface area contributed by atoms with E-state index in [2.05, 4.69) is 83.3 Å². The van der Waals surface area contributed by atoms with Gasteiger partial charge in [-0.05, 0) is 144 Å². The minimum Gasteiger partial charge on any atom is -0.494 e. The van der Waals surface area contributed by atoms with Crippen molar-refractivity contribution in [3.8, 4) is 16.9 Å². The van der Waals surface area contributed by atoms with Crippen LogP contribution in [-0.4, -0.2) is 232 Å². The summed E-state index contributed by atoms with van der Waals surface area (Å²) in [4.78, 5) is 162. The summed E-state index contributed by atoms with van der Waals surface area (Å²) in [6, 6.07) is 11.0. The van der Waals surface area contributed by atoms with Crippen molar-refractivity contribution in [3.63, 3.8) is 0 Å². The monoisotopic (exact) mass is 1530 g/mol. The number of carbonyl (C=O) groups is 11. The molecule has 11 atom stereocenters. The summed E-state index contributed by atoms with van der Waals surface area (Å²) >= 11 is 0. The Morgan fingerprint density at radius 1 is 0.718 bits per heavy atom. The minimum absolute atomic E-state index is 0.0406. The Hall–Kier alpha value is -11.1. The molecule has 0 spiro atoms. The first-order chi connectivity index (χ1) is 52.5. The number of nitrogens with two attached hydrogens (primary N) is 1. The number of nitrogens with one attached hydrogen (secondary N) is 11. The van der Waals surface area contributed by atoms with Crippen LogP contribution in [0.5, 0.6) is 5.75 Å². The van der Waals surface area contributed by atoms with Gasteiger partial charge in [0.2, 0.25) is 53.2 Å². The molecule has 110 heavy (non-hydrogen) atoms. The van der Waals surface area contributed by atoms with Gasteiger partial charge in [0.25, 0.3) is 0 Å². The summed E-state index contributed by atoms with van der Waals surface area (Å²) in [7, 11) is 0. The number of aliphatic hydroxyl groups excluding tert-OH is 3. The summed E-state index contributed by atoms with van der Waals surface area (Å²) in [5.41, 5.74) is 10.0. The van der Waals surface area contributed by atoms with Crippen molar-refractivity contribution in [3.05, 3.63) is 148 Å². The number of aryl methyl sites for hydroxylation is 4. The molecule has 4 aromatic carbocycles. The summed E-state index contributed by atoms with van der Waals surface area (Å²) in [5, 5.41) is 88.0. The van der Waals surface area contributed by atoms with E-state index in [4.69, 9.17) is 10.5 Å². The smallest absolute Gasteiger partial charge is 0.326 e. The second-order valence-electron chi connectivity index (χ2n) is 27.7. The zero-order chi connectivity index (χ0) is 80.2. The number of H-pyrrole nitrogens is 2. The number of likely N-dealkylation sites (tertiary alicyclic amines) is 1. The maximum absolute atomic E-state index is 15.5. The number of aliphatic carboxylic acids is 2. The molecule has 0 radical (unpaired) electrons. The fourth-order valence-corrected chi connectivity index (χ4v) is 12.7. The number of imidazole rings is 1. The van der Waals surface area contributed by atoms with E-state index < -0.39 is 163 Å². The summed E-state index contributed by atoms with van der Waals surface area (Å²) in [6.07, 6.45) is 1.35. The largest absolute Gasteiger partial charge is 0.494 e. The number of amides is 9. The van der Waals surface area contributed by atoms with E-state index in [1.165, 1.54) is 18.2 Å². The quantitative estimate of drug-likeness (QED) is 0.0211. The summed E-state index contributed by atoms with van der Waals surface area (Å²) in [5.74, 6) is -13.7. The van der Waals surface area contributed by atoms with Crippen molar-refractivity contribution in [2.24, 2.45) is 11.7 Å². The van der Waals surface area contributed by atoms with Gasteiger partial charge in [0.05, 0.1) is 50.6 Å². The molecule has 18 N–H and O–H groups in total. The number of hydrogen-bond donors (Lipinski definition) is 17. The van der Waals surface area contributed by atoms with Gasteiger partial charge in [0.1, 0.15) is 59.4 Å². The predicted molar refractivity (Wildman–Crippen MR) is 396 cm³/mol. The van der Waals surface area contributed by atoms with Gasteiger partial charge in [-0.25, -0.2) is 14.2 Å². The number of aliphatic hydroxyl groups is 3. The number of unbranched alkanes of at least 4 members (excludes halogenated alkanes) is 1. The molecule has 1 saturated heterocycles. The summed E-state index contributed by atoms with van der Waals surface area (Å²) < 4.78 is 21.5. The van der Waals surface area contributed by atoms with Crippen LogP contribution in [0.15, 0.2) is 97.5 Å². The van der Waals surface area contributed by atoms with Gasteiger partial charge in [-0.3, -0.25) is 47.9 Å². The molecule has 1 aliphatic rings. The van der Waals surface area contributed by atoms with Gasteiger partial charge in [-0.15, -0.1) is 10.2 Å². The number of hydrogen-bond acceptors (Lipinski definition) is 21.